The van der Waals surface area contributed by atoms with Crippen molar-refractivity contribution < 1.29 is 4.79 Å². The molecular weight excluding hydrogens is 402 g/mol. The molecule has 2 aliphatic rings. The lowest BCUT2D eigenvalue weighted by Gasteiger charge is -2.35. The molecule has 0 spiro atoms. The maximum atomic E-state index is 13.1. The lowest BCUT2D eigenvalue weighted by Crippen LogP contribution is -2.38. The maximum Gasteiger partial charge on any atom is 0.276 e. The van der Waals surface area contributed by atoms with Gasteiger partial charge in [-0.15, -0.1) is 6.58 Å². The molecule has 7 heteroatoms. The molecule has 1 saturated heterocycles. The molecule has 2 aromatic rings. The molecular formula is C25H35N5O2. The molecule has 4 rings (SSSR count). The van der Waals surface area contributed by atoms with Crippen LogP contribution in [-0.2, 0) is 11.2 Å². The number of aryl methyl sites for hydroxylation is 1. The SMILES string of the molecule is C=CCNC(=O)CCc1c(C)nc2cc([C@H]3CCCN(C[C@H]4CC=CCC4)C3)[nH]n2c1=O. The second-order valence-corrected chi connectivity index (χ2v) is 9.23. The molecule has 7 nitrogen and oxygen atoms in total. The standard InChI is InChI=1S/C25H35N5O2/c1-3-13-26-24(31)12-11-21-18(2)27-23-15-22(28-30(23)25(21)32)20-10-7-14-29(17-20)16-19-8-5-4-6-9-19/h3-5,15,19-20,28H,1,6-14,16-17H2,2H3,(H,26,31)/t19-,20-/m0/s1. The molecule has 1 aliphatic heterocycles. The molecule has 1 aliphatic carbocycles. The van der Waals surface area contributed by atoms with Crippen molar-refractivity contribution in [2.45, 2.75) is 57.8 Å². The number of hydrogen-bond acceptors (Lipinski definition) is 4. The van der Waals surface area contributed by atoms with Gasteiger partial charge in [-0.25, -0.2) is 9.50 Å². The highest BCUT2D eigenvalue weighted by atomic mass is 16.1. The van der Waals surface area contributed by atoms with Crippen LogP contribution in [-0.4, -0.2) is 51.6 Å². The van der Waals surface area contributed by atoms with Crippen molar-refractivity contribution in [2.75, 3.05) is 26.2 Å². The maximum absolute atomic E-state index is 13.1. The number of aromatic amines is 1. The first-order valence-corrected chi connectivity index (χ1v) is 11.9. The van der Waals surface area contributed by atoms with Crippen molar-refractivity contribution >= 4 is 11.6 Å². The number of allylic oxidation sites excluding steroid dienone is 2. The van der Waals surface area contributed by atoms with Crippen molar-refractivity contribution in [3.63, 3.8) is 0 Å². The van der Waals surface area contributed by atoms with Crippen LogP contribution in [0.15, 0.2) is 35.7 Å². The summed E-state index contributed by atoms with van der Waals surface area (Å²) in [7, 11) is 0. The average Bonchev–Trinajstić information content (AvgIpc) is 3.22. The minimum Gasteiger partial charge on any atom is -0.353 e. The number of amides is 1. The van der Waals surface area contributed by atoms with E-state index in [0.717, 1.165) is 37.7 Å². The lowest BCUT2D eigenvalue weighted by atomic mass is 9.90. The van der Waals surface area contributed by atoms with E-state index < -0.39 is 0 Å². The number of aromatic nitrogens is 3. The van der Waals surface area contributed by atoms with E-state index in [4.69, 9.17) is 0 Å². The van der Waals surface area contributed by atoms with Gasteiger partial charge < -0.3 is 10.2 Å². The average molecular weight is 438 g/mol. The van der Waals surface area contributed by atoms with Crippen LogP contribution in [0.2, 0.25) is 0 Å². The van der Waals surface area contributed by atoms with Crippen LogP contribution in [0, 0.1) is 12.8 Å². The molecule has 0 saturated carbocycles. The zero-order valence-electron chi connectivity index (χ0n) is 19.1. The van der Waals surface area contributed by atoms with Crippen molar-refractivity contribution in [3.8, 4) is 0 Å². The Balaban J connectivity index is 1.47. The first-order valence-electron chi connectivity index (χ1n) is 11.9. The Morgan fingerprint density at radius 3 is 3.03 bits per heavy atom. The zero-order valence-corrected chi connectivity index (χ0v) is 19.1. The van der Waals surface area contributed by atoms with Crippen LogP contribution < -0.4 is 10.9 Å². The Labute approximate surface area is 189 Å². The highest BCUT2D eigenvalue weighted by Gasteiger charge is 2.25. The molecule has 2 atom stereocenters. The van der Waals surface area contributed by atoms with E-state index in [0.29, 0.717) is 35.8 Å². The number of hydrogen-bond donors (Lipinski definition) is 2. The topological polar surface area (TPSA) is 82.5 Å². The Bertz CT molecular complexity index is 1050. The minimum absolute atomic E-state index is 0.0864. The van der Waals surface area contributed by atoms with E-state index in [1.165, 1.54) is 25.7 Å². The van der Waals surface area contributed by atoms with Gasteiger partial charge in [-0.3, -0.25) is 14.7 Å². The zero-order chi connectivity index (χ0) is 22.5. The monoisotopic (exact) mass is 437 g/mol. The Kier molecular flexibility index (Phi) is 7.25. The molecule has 0 aromatic carbocycles. The molecule has 2 N–H and O–H groups in total. The third-order valence-electron chi connectivity index (χ3n) is 6.82. The van der Waals surface area contributed by atoms with Crippen molar-refractivity contribution in [1.82, 2.24) is 24.8 Å². The number of fused-ring (bicyclic) bond motifs is 1. The van der Waals surface area contributed by atoms with E-state index in [1.54, 1.807) is 10.6 Å². The van der Waals surface area contributed by atoms with Crippen LogP contribution in [0.4, 0.5) is 0 Å². The number of carbonyl (C=O) groups excluding carboxylic acids is 1. The van der Waals surface area contributed by atoms with Gasteiger partial charge >= 0.3 is 0 Å². The second kappa shape index (κ2) is 10.3. The predicted molar refractivity (Wildman–Crippen MR) is 127 cm³/mol. The Morgan fingerprint density at radius 1 is 1.38 bits per heavy atom. The number of rotatable bonds is 8. The second-order valence-electron chi connectivity index (χ2n) is 9.23. The molecule has 32 heavy (non-hydrogen) atoms. The summed E-state index contributed by atoms with van der Waals surface area (Å²) in [6.07, 6.45) is 12.9. The van der Waals surface area contributed by atoms with E-state index in [9.17, 15) is 9.59 Å². The van der Waals surface area contributed by atoms with Gasteiger partial charge in [0.2, 0.25) is 5.91 Å². The smallest absolute Gasteiger partial charge is 0.276 e. The van der Waals surface area contributed by atoms with Crippen LogP contribution in [0.5, 0.6) is 0 Å². The lowest BCUT2D eigenvalue weighted by molar-refractivity contribution is -0.120. The van der Waals surface area contributed by atoms with E-state index >= 15 is 0 Å². The molecule has 1 fully saturated rings. The highest BCUT2D eigenvalue weighted by molar-refractivity contribution is 5.76. The summed E-state index contributed by atoms with van der Waals surface area (Å²) >= 11 is 0. The fraction of sp³-hybridized carbons (Fsp3) is 0.560. The normalized spacial score (nSPS) is 21.7. The third kappa shape index (κ3) is 5.21. The van der Waals surface area contributed by atoms with Crippen molar-refractivity contribution in [3.05, 3.63) is 58.2 Å². The van der Waals surface area contributed by atoms with Crippen molar-refractivity contribution in [1.29, 1.82) is 0 Å². The number of carbonyl (C=O) groups is 1. The first-order chi connectivity index (χ1) is 15.5. The number of H-pyrrole nitrogens is 1. The summed E-state index contributed by atoms with van der Waals surface area (Å²) in [5, 5.41) is 6.09. The Hall–Kier alpha value is -2.67. The first kappa shape index (κ1) is 22.5. The summed E-state index contributed by atoms with van der Waals surface area (Å²) in [5.41, 5.74) is 2.95. The van der Waals surface area contributed by atoms with Gasteiger partial charge in [0, 0.05) is 55.0 Å². The number of piperidine rings is 1. The van der Waals surface area contributed by atoms with Crippen LogP contribution in [0.3, 0.4) is 0 Å². The molecule has 0 radical (unpaired) electrons. The van der Waals surface area contributed by atoms with Gasteiger partial charge in [-0.2, -0.15) is 0 Å². The van der Waals surface area contributed by atoms with Gasteiger partial charge in [-0.05, 0) is 57.9 Å². The van der Waals surface area contributed by atoms with Crippen molar-refractivity contribution in [2.24, 2.45) is 5.92 Å². The van der Waals surface area contributed by atoms with Crippen LogP contribution in [0.25, 0.3) is 5.65 Å². The van der Waals surface area contributed by atoms with E-state index in [-0.39, 0.29) is 17.9 Å². The summed E-state index contributed by atoms with van der Waals surface area (Å²) < 4.78 is 1.56. The van der Waals surface area contributed by atoms with Gasteiger partial charge in [0.25, 0.3) is 5.56 Å². The largest absolute Gasteiger partial charge is 0.353 e. The van der Waals surface area contributed by atoms with E-state index in [2.05, 4.69) is 39.0 Å². The fourth-order valence-electron chi connectivity index (χ4n) is 5.06. The van der Waals surface area contributed by atoms with Gasteiger partial charge in [0.15, 0.2) is 5.65 Å². The highest BCUT2D eigenvalue weighted by Crippen LogP contribution is 2.28. The number of likely N-dealkylation sites (tertiary alicyclic amines) is 1. The van der Waals surface area contributed by atoms with Crippen LogP contribution >= 0.6 is 0 Å². The van der Waals surface area contributed by atoms with Gasteiger partial charge in [0.1, 0.15) is 0 Å². The van der Waals surface area contributed by atoms with Gasteiger partial charge in [0.05, 0.1) is 0 Å². The number of nitrogens with zero attached hydrogens (tertiary/aromatic N) is 3. The molecule has 0 bridgehead atoms. The summed E-state index contributed by atoms with van der Waals surface area (Å²) in [6.45, 7) is 9.23. The molecule has 172 valence electrons. The summed E-state index contributed by atoms with van der Waals surface area (Å²) in [5.74, 6) is 1.06. The van der Waals surface area contributed by atoms with Crippen LogP contribution in [0.1, 0.15) is 61.4 Å². The minimum atomic E-state index is -0.100. The number of nitrogens with one attached hydrogen (secondary N) is 2. The molecule has 0 unspecified atom stereocenters. The summed E-state index contributed by atoms with van der Waals surface area (Å²) in [4.78, 5) is 32.3. The molecule has 3 heterocycles. The molecule has 2 aromatic heterocycles. The molecule has 1 amide bonds. The van der Waals surface area contributed by atoms with E-state index in [1.807, 2.05) is 13.0 Å². The summed E-state index contributed by atoms with van der Waals surface area (Å²) in [6, 6.07) is 2.03. The third-order valence-corrected chi connectivity index (χ3v) is 6.82. The Morgan fingerprint density at radius 2 is 2.25 bits per heavy atom. The van der Waals surface area contributed by atoms with Gasteiger partial charge in [-0.1, -0.05) is 18.2 Å². The fourth-order valence-corrected chi connectivity index (χ4v) is 5.06. The quantitative estimate of drug-likeness (QED) is 0.622. The predicted octanol–water partition coefficient (Wildman–Crippen LogP) is 3.10.